The Bertz CT molecular complexity index is 845. The van der Waals surface area contributed by atoms with Crippen LogP contribution in [-0.4, -0.2) is 52.9 Å². The minimum Gasteiger partial charge on any atom is -0.343 e. The number of carbonyl (C=O) groups excluding carboxylic acids is 2. The van der Waals surface area contributed by atoms with Crippen LogP contribution in [-0.2, 0) is 4.79 Å². The zero-order chi connectivity index (χ0) is 20.3. The molecule has 0 aliphatic carbocycles. The molecule has 0 spiro atoms. The topological polar surface area (TPSA) is 65.5 Å². The van der Waals surface area contributed by atoms with Gasteiger partial charge in [0.1, 0.15) is 17.5 Å². The Morgan fingerprint density at radius 1 is 1.11 bits per heavy atom. The van der Waals surface area contributed by atoms with E-state index in [9.17, 15) is 18.4 Å². The fraction of sp³-hybridized carbons (Fsp3) is 0.350. The van der Waals surface area contributed by atoms with Gasteiger partial charge in [0, 0.05) is 50.9 Å². The third-order valence-electron chi connectivity index (χ3n) is 4.97. The Labute approximate surface area is 162 Å². The summed E-state index contributed by atoms with van der Waals surface area (Å²) in [6, 6.07) is 6.23. The van der Waals surface area contributed by atoms with Gasteiger partial charge in [-0.15, -0.1) is 0 Å². The van der Waals surface area contributed by atoms with Crippen molar-refractivity contribution in [3.63, 3.8) is 0 Å². The summed E-state index contributed by atoms with van der Waals surface area (Å²) in [7, 11) is 1.72. The molecule has 0 atom stereocenters. The maximum Gasteiger partial charge on any atom is 0.323 e. The zero-order valence-electron chi connectivity index (χ0n) is 15.8. The van der Waals surface area contributed by atoms with Crippen LogP contribution in [0.25, 0.3) is 11.1 Å². The number of hydrogen-bond acceptors (Lipinski definition) is 3. The molecular formula is C20H22F2N4O2. The smallest absolute Gasteiger partial charge is 0.323 e. The highest BCUT2D eigenvalue weighted by Crippen LogP contribution is 2.22. The second-order valence-electron chi connectivity index (χ2n) is 6.87. The van der Waals surface area contributed by atoms with E-state index in [1.165, 1.54) is 18.3 Å². The number of halogens is 2. The van der Waals surface area contributed by atoms with E-state index in [-0.39, 0.29) is 18.0 Å². The van der Waals surface area contributed by atoms with Crippen molar-refractivity contribution in [2.75, 3.05) is 25.5 Å². The summed E-state index contributed by atoms with van der Waals surface area (Å²) in [6.45, 7) is 2.81. The van der Waals surface area contributed by atoms with Gasteiger partial charge < -0.3 is 9.80 Å². The molecule has 1 aliphatic rings. The van der Waals surface area contributed by atoms with Crippen LogP contribution < -0.4 is 5.32 Å². The molecule has 3 rings (SSSR count). The summed E-state index contributed by atoms with van der Waals surface area (Å²) >= 11 is 0. The molecule has 1 aliphatic heterocycles. The van der Waals surface area contributed by atoms with Crippen molar-refractivity contribution in [3.8, 4) is 11.1 Å². The largest absolute Gasteiger partial charge is 0.343 e. The number of likely N-dealkylation sites (tertiary alicyclic amines) is 1. The molecule has 0 radical (unpaired) electrons. The molecule has 1 saturated heterocycles. The molecule has 2 aromatic rings. The molecule has 6 nitrogen and oxygen atoms in total. The maximum absolute atomic E-state index is 13.4. The minimum atomic E-state index is -0.662. The van der Waals surface area contributed by atoms with E-state index < -0.39 is 11.6 Å². The molecule has 148 valence electrons. The molecule has 1 N–H and O–H groups in total. The lowest BCUT2D eigenvalue weighted by Crippen LogP contribution is -2.48. The number of benzene rings is 1. The summed E-state index contributed by atoms with van der Waals surface area (Å²) in [5, 5.41) is 2.72. The highest BCUT2D eigenvalue weighted by Gasteiger charge is 2.26. The van der Waals surface area contributed by atoms with Gasteiger partial charge in [-0.1, -0.05) is 0 Å². The molecule has 28 heavy (non-hydrogen) atoms. The normalized spacial score (nSPS) is 14.6. The van der Waals surface area contributed by atoms with Gasteiger partial charge in [0.25, 0.3) is 0 Å². The van der Waals surface area contributed by atoms with Crippen LogP contribution in [0.2, 0.25) is 0 Å². The highest BCUT2D eigenvalue weighted by molar-refractivity contribution is 5.88. The third kappa shape index (κ3) is 4.62. The lowest BCUT2D eigenvalue weighted by Gasteiger charge is -2.36. The monoisotopic (exact) mass is 388 g/mol. The highest BCUT2D eigenvalue weighted by atomic mass is 19.1. The molecule has 1 fully saturated rings. The number of nitrogens with zero attached hydrogens (tertiary/aromatic N) is 3. The van der Waals surface area contributed by atoms with Crippen molar-refractivity contribution < 1.29 is 18.4 Å². The van der Waals surface area contributed by atoms with Gasteiger partial charge in [0.15, 0.2) is 0 Å². The number of amides is 3. The first-order chi connectivity index (χ1) is 13.3. The van der Waals surface area contributed by atoms with Crippen molar-refractivity contribution in [2.45, 2.75) is 25.8 Å². The number of rotatable bonds is 3. The summed E-state index contributed by atoms with van der Waals surface area (Å²) in [6.07, 6.45) is 2.90. The van der Waals surface area contributed by atoms with E-state index in [0.29, 0.717) is 30.0 Å². The molecule has 1 aromatic heterocycles. The van der Waals surface area contributed by atoms with Gasteiger partial charge in [0.05, 0.1) is 0 Å². The van der Waals surface area contributed by atoms with Crippen molar-refractivity contribution in [2.24, 2.45) is 0 Å². The molecule has 8 heteroatoms. The van der Waals surface area contributed by atoms with E-state index in [1.54, 1.807) is 35.9 Å². The number of piperidine rings is 1. The van der Waals surface area contributed by atoms with Crippen molar-refractivity contribution >= 4 is 17.8 Å². The second kappa shape index (κ2) is 8.33. The van der Waals surface area contributed by atoms with Gasteiger partial charge in [-0.25, -0.2) is 18.6 Å². The first kappa shape index (κ1) is 19.7. The van der Waals surface area contributed by atoms with Crippen LogP contribution in [0.5, 0.6) is 0 Å². The molecular weight excluding hydrogens is 366 g/mol. The van der Waals surface area contributed by atoms with Crippen molar-refractivity contribution in [3.05, 3.63) is 48.2 Å². The van der Waals surface area contributed by atoms with Crippen LogP contribution in [0.1, 0.15) is 19.8 Å². The first-order valence-corrected chi connectivity index (χ1v) is 9.05. The average molecular weight is 388 g/mol. The molecule has 3 amide bonds. The van der Waals surface area contributed by atoms with Gasteiger partial charge in [0.2, 0.25) is 5.91 Å². The number of nitrogens with one attached hydrogen (secondary N) is 1. The van der Waals surface area contributed by atoms with E-state index in [1.807, 2.05) is 0 Å². The van der Waals surface area contributed by atoms with E-state index in [4.69, 9.17) is 0 Å². The standard InChI is InChI=1S/C20H22F2N4O2/c1-13(27)26-7-5-18(6-8-26)25(2)20(28)24-19-4-3-14(12-23-19)15-9-16(21)11-17(22)10-15/h3-4,9-12,18H,5-8H2,1-2H3,(H,23,24,28). The van der Waals surface area contributed by atoms with Crippen LogP contribution in [0, 0.1) is 11.6 Å². The summed E-state index contributed by atoms with van der Waals surface area (Å²) in [5.74, 6) is -0.929. The van der Waals surface area contributed by atoms with Gasteiger partial charge in [-0.3, -0.25) is 10.1 Å². The third-order valence-corrected chi connectivity index (χ3v) is 4.97. The van der Waals surface area contributed by atoms with Gasteiger partial charge >= 0.3 is 6.03 Å². The van der Waals surface area contributed by atoms with Gasteiger partial charge in [-0.05, 0) is 42.7 Å². The summed E-state index contributed by atoms with van der Waals surface area (Å²) in [4.78, 5) is 31.4. The predicted molar refractivity (Wildman–Crippen MR) is 102 cm³/mol. The molecule has 0 bridgehead atoms. The van der Waals surface area contributed by atoms with Gasteiger partial charge in [-0.2, -0.15) is 0 Å². The van der Waals surface area contributed by atoms with Crippen molar-refractivity contribution in [1.82, 2.24) is 14.8 Å². The number of urea groups is 1. The quantitative estimate of drug-likeness (QED) is 0.875. The van der Waals surface area contributed by atoms with Crippen LogP contribution >= 0.6 is 0 Å². The first-order valence-electron chi connectivity index (χ1n) is 9.05. The lowest BCUT2D eigenvalue weighted by molar-refractivity contribution is -0.130. The second-order valence-corrected chi connectivity index (χ2v) is 6.87. The number of pyridine rings is 1. The van der Waals surface area contributed by atoms with Crippen LogP contribution in [0.15, 0.2) is 36.5 Å². The number of hydrogen-bond donors (Lipinski definition) is 1. The average Bonchev–Trinajstić information content (AvgIpc) is 2.67. The summed E-state index contributed by atoms with van der Waals surface area (Å²) in [5.41, 5.74) is 0.915. The van der Waals surface area contributed by atoms with E-state index in [2.05, 4.69) is 10.3 Å². The van der Waals surface area contributed by atoms with Crippen molar-refractivity contribution in [1.29, 1.82) is 0 Å². The molecule has 1 aromatic carbocycles. The lowest BCUT2D eigenvalue weighted by atomic mass is 10.0. The minimum absolute atomic E-state index is 0.0464. The Kier molecular flexibility index (Phi) is 5.87. The number of aromatic nitrogens is 1. The Hall–Kier alpha value is -3.03. The molecule has 0 saturated carbocycles. The zero-order valence-corrected chi connectivity index (χ0v) is 15.8. The predicted octanol–water partition coefficient (Wildman–Crippen LogP) is 3.50. The van der Waals surface area contributed by atoms with E-state index >= 15 is 0 Å². The fourth-order valence-electron chi connectivity index (χ4n) is 3.29. The Morgan fingerprint density at radius 2 is 1.75 bits per heavy atom. The van der Waals surface area contributed by atoms with Crippen LogP contribution in [0.4, 0.5) is 19.4 Å². The number of anilines is 1. The molecule has 2 heterocycles. The fourth-order valence-corrected chi connectivity index (χ4v) is 3.29. The maximum atomic E-state index is 13.4. The summed E-state index contributed by atoms with van der Waals surface area (Å²) < 4.78 is 26.7. The SMILES string of the molecule is CC(=O)N1CCC(N(C)C(=O)Nc2ccc(-c3cc(F)cc(F)c3)cn2)CC1. The Balaban J connectivity index is 1.60. The Morgan fingerprint density at radius 3 is 2.29 bits per heavy atom. The van der Waals surface area contributed by atoms with Crippen LogP contribution in [0.3, 0.4) is 0 Å². The number of carbonyl (C=O) groups is 2. The van der Waals surface area contributed by atoms with E-state index in [0.717, 1.165) is 18.9 Å². The molecule has 0 unspecified atom stereocenters.